The fourth-order valence-corrected chi connectivity index (χ4v) is 2.09. The first kappa shape index (κ1) is 17.1. The minimum absolute atomic E-state index is 0.0441. The Hall–Kier alpha value is -2.28. The van der Waals surface area contributed by atoms with Gasteiger partial charge >= 0.3 is 6.18 Å². The number of halogens is 3. The molecule has 23 heavy (non-hydrogen) atoms. The molecule has 0 saturated heterocycles. The van der Waals surface area contributed by atoms with Gasteiger partial charge in [0.15, 0.2) is 11.9 Å². The van der Waals surface area contributed by atoms with Gasteiger partial charge in [0.2, 0.25) is 5.43 Å². The number of hydrogen-bond acceptors (Lipinski definition) is 3. The van der Waals surface area contributed by atoms with Crippen molar-refractivity contribution in [2.24, 2.45) is 7.05 Å². The van der Waals surface area contributed by atoms with Crippen LogP contribution in [0.3, 0.4) is 0 Å². The fourth-order valence-electron chi connectivity index (χ4n) is 2.09. The van der Waals surface area contributed by atoms with Gasteiger partial charge in [0.05, 0.1) is 11.3 Å². The van der Waals surface area contributed by atoms with Crippen LogP contribution in [0.2, 0.25) is 0 Å². The summed E-state index contributed by atoms with van der Waals surface area (Å²) in [7, 11) is 1.48. The standard InChI is InChI=1S/C16H16F3NO3/c1-10-14(23-9-11-6-4-3-5-7-11)13(21)12(8-20(10)2)15(22)16(17,18)19/h3-8,15,22H,9H2,1-2H3. The molecule has 2 rings (SSSR count). The summed E-state index contributed by atoms with van der Waals surface area (Å²) in [4.78, 5) is 12.3. The maximum atomic E-state index is 12.7. The molecular weight excluding hydrogens is 311 g/mol. The summed E-state index contributed by atoms with van der Waals surface area (Å²) in [6.07, 6.45) is -6.79. The molecule has 1 heterocycles. The van der Waals surface area contributed by atoms with Crippen LogP contribution in [0.5, 0.6) is 5.75 Å². The van der Waals surface area contributed by atoms with Gasteiger partial charge in [0.25, 0.3) is 0 Å². The van der Waals surface area contributed by atoms with Gasteiger partial charge < -0.3 is 14.4 Å². The highest BCUT2D eigenvalue weighted by Crippen LogP contribution is 2.32. The van der Waals surface area contributed by atoms with Gasteiger partial charge in [-0.2, -0.15) is 13.2 Å². The molecule has 0 amide bonds. The molecule has 1 atom stereocenters. The van der Waals surface area contributed by atoms with E-state index >= 15 is 0 Å². The van der Waals surface area contributed by atoms with Crippen molar-refractivity contribution < 1.29 is 23.0 Å². The van der Waals surface area contributed by atoms with E-state index < -0.39 is 23.3 Å². The van der Waals surface area contributed by atoms with Crippen molar-refractivity contribution in [3.05, 3.63) is 63.6 Å². The van der Waals surface area contributed by atoms with Crippen LogP contribution in [0.15, 0.2) is 41.3 Å². The van der Waals surface area contributed by atoms with Gasteiger partial charge in [-0.3, -0.25) is 4.79 Å². The van der Waals surface area contributed by atoms with Gasteiger partial charge in [-0.05, 0) is 12.5 Å². The molecule has 4 nitrogen and oxygen atoms in total. The van der Waals surface area contributed by atoms with E-state index in [9.17, 15) is 23.1 Å². The quantitative estimate of drug-likeness (QED) is 0.939. The first-order valence-electron chi connectivity index (χ1n) is 6.83. The first-order chi connectivity index (χ1) is 10.7. The van der Waals surface area contributed by atoms with E-state index in [4.69, 9.17) is 4.74 Å². The zero-order valence-electron chi connectivity index (χ0n) is 12.6. The number of aromatic nitrogens is 1. The molecule has 7 heteroatoms. The number of aryl methyl sites for hydroxylation is 1. The van der Waals surface area contributed by atoms with E-state index in [0.717, 1.165) is 11.8 Å². The van der Waals surface area contributed by atoms with Crippen LogP contribution in [-0.2, 0) is 13.7 Å². The third kappa shape index (κ3) is 3.73. The molecule has 0 fully saturated rings. The predicted octanol–water partition coefficient (Wildman–Crippen LogP) is 2.87. The second kappa shape index (κ2) is 6.45. The minimum Gasteiger partial charge on any atom is -0.483 e. The van der Waals surface area contributed by atoms with E-state index in [1.54, 1.807) is 31.2 Å². The molecule has 1 unspecified atom stereocenters. The molecule has 1 N–H and O–H groups in total. The summed E-state index contributed by atoms with van der Waals surface area (Å²) in [6, 6.07) is 8.93. The Balaban J connectivity index is 2.39. The van der Waals surface area contributed by atoms with E-state index in [-0.39, 0.29) is 12.4 Å². The second-order valence-electron chi connectivity index (χ2n) is 5.16. The van der Waals surface area contributed by atoms with Crippen molar-refractivity contribution in [3.63, 3.8) is 0 Å². The zero-order valence-corrected chi connectivity index (χ0v) is 12.6. The Morgan fingerprint density at radius 3 is 2.43 bits per heavy atom. The van der Waals surface area contributed by atoms with Crippen molar-refractivity contribution in [2.45, 2.75) is 25.8 Å². The van der Waals surface area contributed by atoms with Gasteiger partial charge in [-0.25, -0.2) is 0 Å². The number of alkyl halides is 3. The van der Waals surface area contributed by atoms with Crippen LogP contribution in [0.1, 0.15) is 22.9 Å². The number of aliphatic hydroxyl groups is 1. The van der Waals surface area contributed by atoms with Gasteiger partial charge in [-0.1, -0.05) is 30.3 Å². The molecule has 1 aromatic heterocycles. The molecule has 0 saturated carbocycles. The molecule has 1 aromatic carbocycles. The Kier molecular flexibility index (Phi) is 4.79. The lowest BCUT2D eigenvalue weighted by Gasteiger charge is -2.18. The molecule has 0 aliphatic carbocycles. The largest absolute Gasteiger partial charge is 0.483 e. The average Bonchev–Trinajstić information content (AvgIpc) is 2.50. The van der Waals surface area contributed by atoms with Gasteiger partial charge in [0.1, 0.15) is 6.61 Å². The van der Waals surface area contributed by atoms with Crippen molar-refractivity contribution >= 4 is 0 Å². The molecule has 124 valence electrons. The van der Waals surface area contributed by atoms with E-state index in [0.29, 0.717) is 5.69 Å². The highest BCUT2D eigenvalue weighted by atomic mass is 19.4. The maximum Gasteiger partial charge on any atom is 0.418 e. The lowest BCUT2D eigenvalue weighted by atomic mass is 10.1. The molecule has 0 aliphatic heterocycles. The second-order valence-corrected chi connectivity index (χ2v) is 5.16. The summed E-state index contributed by atoms with van der Waals surface area (Å²) in [5.41, 5.74) is -0.560. The van der Waals surface area contributed by atoms with Crippen LogP contribution in [-0.4, -0.2) is 15.8 Å². The molecule has 0 radical (unpaired) electrons. The smallest absolute Gasteiger partial charge is 0.418 e. The summed E-state index contributed by atoms with van der Waals surface area (Å²) in [5.74, 6) is -0.197. The third-order valence-corrected chi connectivity index (χ3v) is 3.49. The number of pyridine rings is 1. The molecule has 0 bridgehead atoms. The number of hydrogen-bond donors (Lipinski definition) is 1. The van der Waals surface area contributed by atoms with Crippen molar-refractivity contribution in [1.82, 2.24) is 4.57 Å². The van der Waals surface area contributed by atoms with Crippen LogP contribution < -0.4 is 10.2 Å². The molecular formula is C16H16F3NO3. The minimum atomic E-state index is -4.92. The van der Waals surface area contributed by atoms with Crippen molar-refractivity contribution in [1.29, 1.82) is 0 Å². The number of ether oxygens (including phenoxy) is 1. The van der Waals surface area contributed by atoms with Crippen molar-refractivity contribution in [3.8, 4) is 5.75 Å². The monoisotopic (exact) mass is 327 g/mol. The highest BCUT2D eigenvalue weighted by molar-refractivity contribution is 5.34. The average molecular weight is 327 g/mol. The number of aliphatic hydroxyl groups excluding tert-OH is 1. The van der Waals surface area contributed by atoms with Crippen LogP contribution in [0, 0.1) is 6.92 Å². The van der Waals surface area contributed by atoms with Crippen molar-refractivity contribution in [2.75, 3.05) is 0 Å². The molecule has 0 aliphatic rings. The molecule has 0 spiro atoms. The topological polar surface area (TPSA) is 51.5 Å². The highest BCUT2D eigenvalue weighted by Gasteiger charge is 2.41. The Morgan fingerprint density at radius 2 is 1.87 bits per heavy atom. The summed E-state index contributed by atoms with van der Waals surface area (Å²) in [6.45, 7) is 1.61. The van der Waals surface area contributed by atoms with Gasteiger partial charge in [-0.15, -0.1) is 0 Å². The summed E-state index contributed by atoms with van der Waals surface area (Å²) < 4.78 is 44.8. The fraction of sp³-hybridized carbons (Fsp3) is 0.312. The Morgan fingerprint density at radius 1 is 1.26 bits per heavy atom. The van der Waals surface area contributed by atoms with Crippen LogP contribution in [0.4, 0.5) is 13.2 Å². The SMILES string of the molecule is Cc1c(OCc2ccccc2)c(=O)c(C(O)C(F)(F)F)cn1C. The number of benzene rings is 1. The van der Waals surface area contributed by atoms with Gasteiger partial charge in [0, 0.05) is 13.2 Å². The Labute approximate surface area is 130 Å². The Bertz CT molecular complexity index is 739. The lowest BCUT2D eigenvalue weighted by molar-refractivity contribution is -0.207. The first-order valence-corrected chi connectivity index (χ1v) is 6.83. The zero-order chi connectivity index (χ0) is 17.2. The third-order valence-electron chi connectivity index (χ3n) is 3.49. The summed E-state index contributed by atoms with van der Waals surface area (Å²) in [5, 5.41) is 9.37. The normalized spacial score (nSPS) is 13.0. The van der Waals surface area contributed by atoms with E-state index in [1.807, 2.05) is 6.07 Å². The summed E-state index contributed by atoms with van der Waals surface area (Å²) >= 11 is 0. The van der Waals surface area contributed by atoms with E-state index in [1.165, 1.54) is 11.6 Å². The van der Waals surface area contributed by atoms with Crippen LogP contribution in [0.25, 0.3) is 0 Å². The number of nitrogens with zero attached hydrogens (tertiary/aromatic N) is 1. The molecule has 2 aromatic rings. The van der Waals surface area contributed by atoms with Crippen LogP contribution >= 0.6 is 0 Å². The van der Waals surface area contributed by atoms with E-state index in [2.05, 4.69) is 0 Å². The maximum absolute atomic E-state index is 12.7. The predicted molar refractivity (Wildman–Crippen MR) is 78.2 cm³/mol. The number of rotatable bonds is 4. The lowest BCUT2D eigenvalue weighted by Crippen LogP contribution is -2.28.